The molecule has 1 unspecified atom stereocenters. The van der Waals surface area contributed by atoms with Gasteiger partial charge in [-0.15, -0.1) is 0 Å². The van der Waals surface area contributed by atoms with Gasteiger partial charge in [0.05, 0.1) is 0 Å². The zero-order chi connectivity index (χ0) is 22.9. The Hall–Kier alpha value is -4.14. The number of carbonyl (C=O) groups excluding carboxylic acids is 1. The fourth-order valence-electron chi connectivity index (χ4n) is 3.61. The Balaban J connectivity index is 0.000000913. The third-order valence-electron chi connectivity index (χ3n) is 5.01. The Labute approximate surface area is 184 Å². The van der Waals surface area contributed by atoms with Crippen LogP contribution in [0.4, 0.5) is 5.82 Å². The van der Waals surface area contributed by atoms with E-state index in [-0.39, 0.29) is 35.6 Å². The average molecular weight is 437 g/mol. The van der Waals surface area contributed by atoms with E-state index < -0.39 is 5.97 Å². The number of benzene rings is 2. The summed E-state index contributed by atoms with van der Waals surface area (Å²) in [6.07, 6.45) is 1.63. The fraction of sp³-hybridized carbons (Fsp3) is 0.217. The molecular weight excluding hydrogens is 414 g/mol. The molecule has 0 bridgehead atoms. The molecule has 1 aliphatic heterocycles. The highest BCUT2D eigenvalue weighted by Crippen LogP contribution is 2.30. The molecular formula is C23H23N3O6. The van der Waals surface area contributed by atoms with Crippen molar-refractivity contribution in [3.8, 4) is 11.3 Å². The van der Waals surface area contributed by atoms with E-state index in [0.717, 1.165) is 12.8 Å². The van der Waals surface area contributed by atoms with E-state index in [1.54, 1.807) is 29.2 Å². The van der Waals surface area contributed by atoms with Gasteiger partial charge in [0, 0.05) is 30.3 Å². The second-order valence-corrected chi connectivity index (χ2v) is 7.11. The van der Waals surface area contributed by atoms with Crippen LogP contribution >= 0.6 is 0 Å². The molecule has 3 N–H and O–H groups in total. The molecule has 1 atom stereocenters. The van der Waals surface area contributed by atoms with E-state index in [1.165, 1.54) is 0 Å². The lowest BCUT2D eigenvalue weighted by Crippen LogP contribution is -2.45. The highest BCUT2D eigenvalue weighted by molar-refractivity contribution is 5.99. The van der Waals surface area contributed by atoms with Gasteiger partial charge >= 0.3 is 5.97 Å². The molecule has 1 aromatic heterocycles. The van der Waals surface area contributed by atoms with E-state index in [0.29, 0.717) is 24.2 Å². The Morgan fingerprint density at radius 2 is 1.72 bits per heavy atom. The number of aromatic nitrogens is 1. The molecule has 1 saturated heterocycles. The number of nitrogens with one attached hydrogen (secondary N) is 1. The first-order valence-corrected chi connectivity index (χ1v) is 10.0. The van der Waals surface area contributed by atoms with Crippen LogP contribution in [0, 0.1) is 0 Å². The molecule has 3 aromatic rings. The number of piperidine rings is 1. The summed E-state index contributed by atoms with van der Waals surface area (Å²) in [5.74, 6) is -0.731. The van der Waals surface area contributed by atoms with Crippen LogP contribution in [0.2, 0.25) is 0 Å². The molecule has 0 radical (unpaired) electrons. The van der Waals surface area contributed by atoms with Crippen molar-refractivity contribution in [3.05, 3.63) is 71.8 Å². The summed E-state index contributed by atoms with van der Waals surface area (Å²) >= 11 is 0. The number of hydrogen-bond acceptors (Lipinski definition) is 6. The summed E-state index contributed by atoms with van der Waals surface area (Å²) < 4.78 is 5.35. The van der Waals surface area contributed by atoms with Crippen molar-refractivity contribution >= 4 is 24.2 Å². The number of aromatic carboxylic acids is 1. The number of carboxylic acids is 1. The molecule has 2 heterocycles. The third-order valence-corrected chi connectivity index (χ3v) is 5.01. The topological polar surface area (TPSA) is 133 Å². The first kappa shape index (κ1) is 22.5. The smallest absolute Gasteiger partial charge is 0.343 e. The SMILES string of the molecule is O=C(O)c1c(NC2CCCN(C(=O)c3ccccc3)C2)noc1-c1ccccc1.O=CO. The van der Waals surface area contributed by atoms with Crippen molar-refractivity contribution in [3.63, 3.8) is 0 Å². The van der Waals surface area contributed by atoms with Crippen molar-refractivity contribution in [2.24, 2.45) is 0 Å². The Morgan fingerprint density at radius 3 is 2.34 bits per heavy atom. The van der Waals surface area contributed by atoms with Crippen molar-refractivity contribution in [1.29, 1.82) is 0 Å². The van der Waals surface area contributed by atoms with Crippen molar-refractivity contribution in [1.82, 2.24) is 10.1 Å². The Bertz CT molecular complexity index is 1050. The number of anilines is 1. The molecule has 1 fully saturated rings. The van der Waals surface area contributed by atoms with Gasteiger partial charge in [-0.25, -0.2) is 4.79 Å². The molecule has 9 nitrogen and oxygen atoms in total. The average Bonchev–Trinajstić information content (AvgIpc) is 3.24. The first-order chi connectivity index (χ1) is 15.5. The quantitative estimate of drug-likeness (QED) is 0.517. The summed E-state index contributed by atoms with van der Waals surface area (Å²) in [4.78, 5) is 34.8. The zero-order valence-corrected chi connectivity index (χ0v) is 17.2. The second-order valence-electron chi connectivity index (χ2n) is 7.11. The van der Waals surface area contributed by atoms with E-state index in [9.17, 15) is 14.7 Å². The Kier molecular flexibility index (Phi) is 7.58. The third kappa shape index (κ3) is 5.31. The number of carboxylic acid groups (broad SMARTS) is 2. The fourth-order valence-corrected chi connectivity index (χ4v) is 3.61. The number of carbonyl (C=O) groups is 3. The second kappa shape index (κ2) is 10.8. The van der Waals surface area contributed by atoms with E-state index in [4.69, 9.17) is 14.4 Å². The van der Waals surface area contributed by atoms with Crippen LogP contribution in [0.15, 0.2) is 65.2 Å². The molecule has 0 spiro atoms. The van der Waals surface area contributed by atoms with Crippen LogP contribution in [0.1, 0.15) is 33.6 Å². The molecule has 2 aromatic carbocycles. The standard InChI is InChI=1S/C22H21N3O4.CH2O2/c26-21(16-10-5-2-6-11-16)25-13-7-12-17(14-25)23-20-18(22(27)28)19(29-24-20)15-8-3-1-4-9-15;2-1-3/h1-6,8-11,17H,7,12-14H2,(H,23,24)(H,27,28);1H,(H,2,3). The first-order valence-electron chi connectivity index (χ1n) is 10.0. The zero-order valence-electron chi connectivity index (χ0n) is 17.2. The minimum absolute atomic E-state index is 0.00251. The van der Waals surface area contributed by atoms with Gasteiger partial charge in [0.1, 0.15) is 0 Å². The number of nitrogens with zero attached hydrogens (tertiary/aromatic N) is 2. The van der Waals surface area contributed by atoms with Gasteiger partial charge in [-0.2, -0.15) is 0 Å². The number of likely N-dealkylation sites (tertiary alicyclic amines) is 1. The molecule has 0 aliphatic carbocycles. The van der Waals surface area contributed by atoms with E-state index in [2.05, 4.69) is 10.5 Å². The van der Waals surface area contributed by atoms with Crippen LogP contribution in [0.25, 0.3) is 11.3 Å². The molecule has 166 valence electrons. The van der Waals surface area contributed by atoms with Crippen molar-refractivity contribution < 1.29 is 29.1 Å². The largest absolute Gasteiger partial charge is 0.483 e. The van der Waals surface area contributed by atoms with Gasteiger partial charge in [-0.3, -0.25) is 9.59 Å². The van der Waals surface area contributed by atoms with Crippen LogP contribution < -0.4 is 5.32 Å². The summed E-state index contributed by atoms with van der Waals surface area (Å²) in [7, 11) is 0. The maximum absolute atomic E-state index is 12.7. The van der Waals surface area contributed by atoms with Gasteiger partial charge in [-0.1, -0.05) is 53.7 Å². The molecule has 1 amide bonds. The highest BCUT2D eigenvalue weighted by atomic mass is 16.5. The van der Waals surface area contributed by atoms with Crippen LogP contribution in [-0.4, -0.2) is 57.7 Å². The maximum atomic E-state index is 12.7. The van der Waals surface area contributed by atoms with Crippen LogP contribution in [0.3, 0.4) is 0 Å². The van der Waals surface area contributed by atoms with Crippen LogP contribution in [0.5, 0.6) is 0 Å². The van der Waals surface area contributed by atoms with Gasteiger partial charge in [0.25, 0.3) is 12.4 Å². The maximum Gasteiger partial charge on any atom is 0.343 e. The lowest BCUT2D eigenvalue weighted by atomic mass is 10.0. The van der Waals surface area contributed by atoms with E-state index >= 15 is 0 Å². The van der Waals surface area contributed by atoms with Gasteiger partial charge in [-0.05, 0) is 25.0 Å². The lowest BCUT2D eigenvalue weighted by molar-refractivity contribution is -0.122. The van der Waals surface area contributed by atoms with Crippen LogP contribution in [-0.2, 0) is 4.79 Å². The lowest BCUT2D eigenvalue weighted by Gasteiger charge is -2.33. The molecule has 9 heteroatoms. The number of rotatable bonds is 5. The highest BCUT2D eigenvalue weighted by Gasteiger charge is 2.29. The summed E-state index contributed by atoms with van der Waals surface area (Å²) in [6, 6.07) is 18.1. The van der Waals surface area contributed by atoms with Crippen molar-refractivity contribution in [2.75, 3.05) is 18.4 Å². The van der Waals surface area contributed by atoms with Crippen molar-refractivity contribution in [2.45, 2.75) is 18.9 Å². The summed E-state index contributed by atoms with van der Waals surface area (Å²) in [5.41, 5.74) is 1.30. The number of amides is 1. The minimum Gasteiger partial charge on any atom is -0.483 e. The summed E-state index contributed by atoms with van der Waals surface area (Å²) in [5, 5.41) is 23.7. The Morgan fingerprint density at radius 1 is 1.09 bits per heavy atom. The monoisotopic (exact) mass is 437 g/mol. The van der Waals surface area contributed by atoms with Gasteiger partial charge in [0.15, 0.2) is 17.1 Å². The molecule has 32 heavy (non-hydrogen) atoms. The van der Waals surface area contributed by atoms with Gasteiger partial charge < -0.3 is 25.0 Å². The normalized spacial score (nSPS) is 15.2. The molecule has 1 aliphatic rings. The molecule has 0 saturated carbocycles. The summed E-state index contributed by atoms with van der Waals surface area (Å²) in [6.45, 7) is 0.895. The molecule has 4 rings (SSSR count). The van der Waals surface area contributed by atoms with Gasteiger partial charge in [0.2, 0.25) is 0 Å². The minimum atomic E-state index is -1.11. The number of hydrogen-bond donors (Lipinski definition) is 3. The van der Waals surface area contributed by atoms with E-state index in [1.807, 2.05) is 36.4 Å². The predicted molar refractivity (Wildman–Crippen MR) is 117 cm³/mol. The predicted octanol–water partition coefficient (Wildman–Crippen LogP) is 3.46.